The summed E-state index contributed by atoms with van der Waals surface area (Å²) >= 11 is 1.59. The Bertz CT molecular complexity index is 626. The summed E-state index contributed by atoms with van der Waals surface area (Å²) in [5.74, 6) is 0.712. The molecule has 2 aromatic heterocycles. The van der Waals surface area contributed by atoms with Crippen LogP contribution in [0.25, 0.3) is 0 Å². The van der Waals surface area contributed by atoms with Crippen molar-refractivity contribution in [2.24, 2.45) is 5.92 Å². The smallest absolute Gasteiger partial charge is 0.321 e. The van der Waals surface area contributed by atoms with Gasteiger partial charge in [0.25, 0.3) is 0 Å². The van der Waals surface area contributed by atoms with Gasteiger partial charge in [-0.05, 0) is 37.3 Å². The molecule has 110 valence electrons. The van der Waals surface area contributed by atoms with E-state index in [2.05, 4.69) is 27.5 Å². The second-order valence-electron chi connectivity index (χ2n) is 5.37. The average molecular weight is 302 g/mol. The monoisotopic (exact) mass is 302 g/mol. The Morgan fingerprint density at radius 3 is 3.19 bits per heavy atom. The zero-order valence-corrected chi connectivity index (χ0v) is 12.7. The minimum Gasteiger partial charge on any atom is -0.332 e. The van der Waals surface area contributed by atoms with Crippen LogP contribution in [0.4, 0.5) is 9.93 Å². The molecule has 21 heavy (non-hydrogen) atoms. The molecule has 0 saturated carbocycles. The molecular formula is C15H18N4OS. The number of aromatic nitrogens is 2. The number of fused-ring (bicyclic) bond motifs is 1. The number of thiazole rings is 1. The molecule has 2 heterocycles. The number of hydrogen-bond donors (Lipinski definition) is 2. The van der Waals surface area contributed by atoms with E-state index in [4.69, 9.17) is 0 Å². The van der Waals surface area contributed by atoms with Gasteiger partial charge in [0.2, 0.25) is 0 Å². The van der Waals surface area contributed by atoms with Crippen LogP contribution in [0.1, 0.15) is 29.6 Å². The number of hydrogen-bond acceptors (Lipinski definition) is 4. The van der Waals surface area contributed by atoms with Crippen molar-refractivity contribution in [3.63, 3.8) is 0 Å². The summed E-state index contributed by atoms with van der Waals surface area (Å²) in [5, 5.41) is 6.29. The molecule has 5 nitrogen and oxygen atoms in total. The van der Waals surface area contributed by atoms with Crippen LogP contribution < -0.4 is 10.6 Å². The highest BCUT2D eigenvalue weighted by Gasteiger charge is 2.20. The fourth-order valence-corrected chi connectivity index (χ4v) is 3.57. The van der Waals surface area contributed by atoms with Gasteiger partial charge in [-0.3, -0.25) is 10.3 Å². The summed E-state index contributed by atoms with van der Waals surface area (Å²) in [6.07, 6.45) is 4.99. The average Bonchev–Trinajstić information content (AvgIpc) is 2.87. The number of aryl methyl sites for hydroxylation is 1. The van der Waals surface area contributed by atoms with Crippen molar-refractivity contribution in [2.75, 3.05) is 5.32 Å². The van der Waals surface area contributed by atoms with Gasteiger partial charge in [-0.2, -0.15) is 0 Å². The number of nitrogens with zero attached hydrogens (tertiary/aromatic N) is 2. The van der Waals surface area contributed by atoms with Crippen LogP contribution >= 0.6 is 11.3 Å². The van der Waals surface area contributed by atoms with Crippen molar-refractivity contribution >= 4 is 22.5 Å². The van der Waals surface area contributed by atoms with E-state index in [1.807, 2.05) is 18.2 Å². The Morgan fingerprint density at radius 2 is 2.38 bits per heavy atom. The van der Waals surface area contributed by atoms with Crippen LogP contribution in [0.2, 0.25) is 0 Å². The van der Waals surface area contributed by atoms with Gasteiger partial charge < -0.3 is 5.32 Å². The van der Waals surface area contributed by atoms with E-state index in [9.17, 15) is 4.79 Å². The van der Waals surface area contributed by atoms with Gasteiger partial charge in [0.05, 0.1) is 17.9 Å². The fourth-order valence-electron chi connectivity index (χ4n) is 2.41. The Kier molecular flexibility index (Phi) is 4.15. The molecule has 0 saturated heterocycles. The van der Waals surface area contributed by atoms with Crippen LogP contribution in [0.15, 0.2) is 24.4 Å². The lowest BCUT2D eigenvalue weighted by Gasteiger charge is -2.15. The van der Waals surface area contributed by atoms with Crippen molar-refractivity contribution < 1.29 is 4.79 Å². The van der Waals surface area contributed by atoms with Crippen LogP contribution in [-0.2, 0) is 19.4 Å². The van der Waals surface area contributed by atoms with E-state index in [1.165, 1.54) is 11.3 Å². The van der Waals surface area contributed by atoms with Crippen LogP contribution in [0.5, 0.6) is 0 Å². The quantitative estimate of drug-likeness (QED) is 0.916. The number of amides is 2. The van der Waals surface area contributed by atoms with Crippen LogP contribution in [0.3, 0.4) is 0 Å². The summed E-state index contributed by atoms with van der Waals surface area (Å²) in [5.41, 5.74) is 1.98. The van der Waals surface area contributed by atoms with E-state index in [0.717, 1.165) is 24.2 Å². The number of rotatable bonds is 3. The molecule has 1 aliphatic carbocycles. The number of urea groups is 1. The van der Waals surface area contributed by atoms with E-state index < -0.39 is 0 Å². The number of anilines is 1. The molecule has 3 rings (SSSR count). The van der Waals surface area contributed by atoms with Crippen LogP contribution in [-0.4, -0.2) is 16.0 Å². The molecule has 0 fully saturated rings. The number of carbonyl (C=O) groups is 1. The summed E-state index contributed by atoms with van der Waals surface area (Å²) in [4.78, 5) is 21.9. The Balaban J connectivity index is 1.55. The van der Waals surface area contributed by atoms with Gasteiger partial charge in [-0.1, -0.05) is 13.0 Å². The van der Waals surface area contributed by atoms with Crippen molar-refractivity contribution in [3.8, 4) is 0 Å². The minimum atomic E-state index is -0.236. The first-order chi connectivity index (χ1) is 10.2. The summed E-state index contributed by atoms with van der Waals surface area (Å²) in [7, 11) is 0. The van der Waals surface area contributed by atoms with Crippen molar-refractivity contribution in [2.45, 2.75) is 32.7 Å². The first-order valence-corrected chi connectivity index (χ1v) is 7.95. The Labute approximate surface area is 127 Å². The van der Waals surface area contributed by atoms with E-state index >= 15 is 0 Å². The lowest BCUT2D eigenvalue weighted by Crippen LogP contribution is -2.28. The summed E-state index contributed by atoms with van der Waals surface area (Å²) in [6, 6.07) is 5.40. The minimum absolute atomic E-state index is 0.236. The van der Waals surface area contributed by atoms with Crippen molar-refractivity contribution in [3.05, 3.63) is 40.7 Å². The molecule has 1 atom stereocenters. The second-order valence-corrected chi connectivity index (χ2v) is 6.45. The normalized spacial score (nSPS) is 17.1. The van der Waals surface area contributed by atoms with Crippen LogP contribution in [0, 0.1) is 5.92 Å². The highest BCUT2D eigenvalue weighted by Crippen LogP contribution is 2.31. The first-order valence-electron chi connectivity index (χ1n) is 7.14. The standard InChI is InChI=1S/C15H18N4OS/c1-10-5-6-12-13(8-10)21-15(18-12)19-14(20)17-9-11-4-2-3-7-16-11/h2-4,7,10H,5-6,8-9H2,1H3,(H2,17,18,19,20)/t10-/m1/s1. The molecule has 1 aliphatic rings. The summed E-state index contributed by atoms with van der Waals surface area (Å²) < 4.78 is 0. The number of pyridine rings is 1. The Morgan fingerprint density at radius 1 is 1.48 bits per heavy atom. The number of carbonyl (C=O) groups excluding carboxylic acids is 1. The van der Waals surface area contributed by atoms with E-state index in [0.29, 0.717) is 17.6 Å². The van der Waals surface area contributed by atoms with Crippen molar-refractivity contribution in [1.29, 1.82) is 0 Å². The third-order valence-electron chi connectivity index (χ3n) is 3.56. The second kappa shape index (κ2) is 6.22. The van der Waals surface area contributed by atoms with Gasteiger partial charge in [0.15, 0.2) is 5.13 Å². The molecule has 0 aliphatic heterocycles. The molecular weight excluding hydrogens is 284 g/mol. The third kappa shape index (κ3) is 3.58. The van der Waals surface area contributed by atoms with Gasteiger partial charge in [0, 0.05) is 11.1 Å². The fraction of sp³-hybridized carbons (Fsp3) is 0.400. The predicted molar refractivity (Wildman–Crippen MR) is 83.4 cm³/mol. The van der Waals surface area contributed by atoms with Crippen molar-refractivity contribution in [1.82, 2.24) is 15.3 Å². The van der Waals surface area contributed by atoms with E-state index in [-0.39, 0.29) is 6.03 Å². The third-order valence-corrected chi connectivity index (χ3v) is 4.60. The summed E-state index contributed by atoms with van der Waals surface area (Å²) in [6.45, 7) is 2.67. The maximum Gasteiger partial charge on any atom is 0.321 e. The molecule has 2 amide bonds. The Hall–Kier alpha value is -1.95. The van der Waals surface area contributed by atoms with Gasteiger partial charge in [0.1, 0.15) is 0 Å². The molecule has 0 radical (unpaired) electrons. The zero-order valence-electron chi connectivity index (χ0n) is 11.9. The first kappa shape index (κ1) is 14.0. The largest absolute Gasteiger partial charge is 0.332 e. The molecule has 0 aromatic carbocycles. The molecule has 0 spiro atoms. The predicted octanol–water partition coefficient (Wildman–Crippen LogP) is 2.98. The van der Waals surface area contributed by atoms with Gasteiger partial charge in [-0.15, -0.1) is 11.3 Å². The maximum atomic E-state index is 11.9. The molecule has 0 bridgehead atoms. The lowest BCUT2D eigenvalue weighted by molar-refractivity contribution is 0.251. The SMILES string of the molecule is C[C@@H]1CCc2nc(NC(=O)NCc3ccccn3)sc2C1. The molecule has 0 unspecified atom stereocenters. The highest BCUT2D eigenvalue weighted by molar-refractivity contribution is 7.15. The lowest BCUT2D eigenvalue weighted by atomic mass is 9.93. The van der Waals surface area contributed by atoms with E-state index in [1.54, 1.807) is 17.5 Å². The zero-order chi connectivity index (χ0) is 14.7. The highest BCUT2D eigenvalue weighted by atomic mass is 32.1. The molecule has 2 aromatic rings. The topological polar surface area (TPSA) is 66.9 Å². The maximum absolute atomic E-state index is 11.9. The molecule has 2 N–H and O–H groups in total. The number of nitrogens with one attached hydrogen (secondary N) is 2. The van der Waals surface area contributed by atoms with Gasteiger partial charge in [-0.25, -0.2) is 9.78 Å². The van der Waals surface area contributed by atoms with Gasteiger partial charge >= 0.3 is 6.03 Å². The molecule has 6 heteroatoms.